The van der Waals surface area contributed by atoms with Crippen molar-refractivity contribution in [1.82, 2.24) is 4.98 Å². The van der Waals surface area contributed by atoms with E-state index in [0.29, 0.717) is 5.69 Å². The highest BCUT2D eigenvalue weighted by molar-refractivity contribution is 7.11. The smallest absolute Gasteiger partial charge is 0.292 e. The number of aromatic nitrogens is 1. The number of aryl methyl sites for hydroxylation is 2. The van der Waals surface area contributed by atoms with Gasteiger partial charge < -0.3 is 0 Å². The quantitative estimate of drug-likeness (QED) is 0.774. The predicted octanol–water partition coefficient (Wildman–Crippen LogP) is 2.77. The maximum Gasteiger partial charge on any atom is 0.364 e. The van der Waals surface area contributed by atoms with E-state index in [1.54, 1.807) is 13.8 Å². The summed E-state index contributed by atoms with van der Waals surface area (Å²) < 4.78 is 48.9. The minimum atomic E-state index is -4.59. The normalized spacial score (nSPS) is 12.2. The number of ketones is 1. The molecule has 1 heterocycles. The molecular formula is C9H9F4NOS. The third-order valence-electron chi connectivity index (χ3n) is 2.03. The van der Waals surface area contributed by atoms with Gasteiger partial charge in [0.2, 0.25) is 5.78 Å². The first kappa shape index (κ1) is 13.1. The summed E-state index contributed by atoms with van der Waals surface area (Å²) in [4.78, 5) is 15.6. The highest BCUT2D eigenvalue weighted by atomic mass is 32.1. The van der Waals surface area contributed by atoms with Gasteiger partial charge in [-0.1, -0.05) is 0 Å². The summed E-state index contributed by atoms with van der Waals surface area (Å²) in [6.45, 7) is 3.37. The third-order valence-corrected chi connectivity index (χ3v) is 3.10. The van der Waals surface area contributed by atoms with Gasteiger partial charge in [0.15, 0.2) is 0 Å². The molecule has 0 spiro atoms. The average molecular weight is 255 g/mol. The molecule has 0 radical (unpaired) electrons. The lowest BCUT2D eigenvalue weighted by atomic mass is 10.1. The second-order valence-corrected chi connectivity index (χ2v) is 4.56. The number of alkyl halides is 4. The van der Waals surface area contributed by atoms with Crippen LogP contribution in [-0.2, 0) is 11.2 Å². The van der Waals surface area contributed by atoms with Crippen molar-refractivity contribution < 1.29 is 22.4 Å². The lowest BCUT2D eigenvalue weighted by molar-refractivity contribution is -0.166. The zero-order chi connectivity index (χ0) is 12.5. The molecule has 0 amide bonds. The third kappa shape index (κ3) is 2.58. The number of halogens is 4. The molecule has 0 fully saturated rings. The summed E-state index contributed by atoms with van der Waals surface area (Å²) in [6.07, 6.45) is -4.72. The Morgan fingerprint density at radius 2 is 2.00 bits per heavy atom. The number of carbonyl (C=O) groups excluding carboxylic acids is 1. The van der Waals surface area contributed by atoms with E-state index in [9.17, 15) is 22.4 Å². The first-order valence-corrected chi connectivity index (χ1v) is 5.19. The molecule has 0 bridgehead atoms. The highest BCUT2D eigenvalue weighted by Crippen LogP contribution is 2.26. The lowest BCUT2D eigenvalue weighted by Crippen LogP contribution is -2.37. The van der Waals surface area contributed by atoms with Gasteiger partial charge in [-0.05, 0) is 13.8 Å². The van der Waals surface area contributed by atoms with E-state index in [1.807, 2.05) is 0 Å². The van der Waals surface area contributed by atoms with Crippen molar-refractivity contribution >= 4 is 17.1 Å². The summed E-state index contributed by atoms with van der Waals surface area (Å²) in [5, 5.41) is 0.139. The molecule has 1 aromatic heterocycles. The SMILES string of the molecule is Cc1nc(CC(=O)C(F)(F)C(F)F)sc1C. The summed E-state index contributed by atoms with van der Waals surface area (Å²) >= 11 is 1.06. The second-order valence-electron chi connectivity index (χ2n) is 3.27. The van der Waals surface area contributed by atoms with Crippen LogP contribution in [-0.4, -0.2) is 23.1 Å². The molecule has 90 valence electrons. The van der Waals surface area contributed by atoms with Crippen LogP contribution in [0.2, 0.25) is 0 Å². The van der Waals surface area contributed by atoms with E-state index < -0.39 is 24.6 Å². The van der Waals surface area contributed by atoms with Crippen LogP contribution in [0.3, 0.4) is 0 Å². The molecule has 0 saturated carbocycles. The predicted molar refractivity (Wildman–Crippen MR) is 51.3 cm³/mol. The molecular weight excluding hydrogens is 246 g/mol. The summed E-state index contributed by atoms with van der Waals surface area (Å²) in [5.74, 6) is -6.38. The fourth-order valence-corrected chi connectivity index (χ4v) is 1.92. The highest BCUT2D eigenvalue weighted by Gasteiger charge is 2.48. The van der Waals surface area contributed by atoms with Crippen LogP contribution in [0.15, 0.2) is 0 Å². The molecule has 0 N–H and O–H groups in total. The zero-order valence-electron chi connectivity index (χ0n) is 8.56. The molecule has 0 aliphatic heterocycles. The van der Waals surface area contributed by atoms with Crippen molar-refractivity contribution in [2.75, 3.05) is 0 Å². The molecule has 7 heteroatoms. The molecule has 0 aromatic carbocycles. The molecule has 2 nitrogen and oxygen atoms in total. The Bertz CT molecular complexity index is 383. The second kappa shape index (κ2) is 4.48. The molecule has 0 saturated heterocycles. The molecule has 0 atom stereocenters. The van der Waals surface area contributed by atoms with Crippen LogP contribution in [0, 0.1) is 13.8 Å². The van der Waals surface area contributed by atoms with Crippen LogP contribution in [0.25, 0.3) is 0 Å². The Labute approximate surface area is 93.3 Å². The van der Waals surface area contributed by atoms with Gasteiger partial charge in [-0.2, -0.15) is 8.78 Å². The van der Waals surface area contributed by atoms with Gasteiger partial charge in [0.05, 0.1) is 12.1 Å². The van der Waals surface area contributed by atoms with Crippen LogP contribution in [0.5, 0.6) is 0 Å². The fourth-order valence-electron chi connectivity index (χ4n) is 0.992. The number of hydrogen-bond acceptors (Lipinski definition) is 3. The first-order chi connectivity index (χ1) is 7.25. The molecule has 0 aliphatic rings. The Hall–Kier alpha value is -0.980. The van der Waals surface area contributed by atoms with Gasteiger partial charge in [-0.3, -0.25) is 4.79 Å². The van der Waals surface area contributed by atoms with E-state index in [1.165, 1.54) is 0 Å². The number of nitrogens with zero attached hydrogens (tertiary/aromatic N) is 1. The average Bonchev–Trinajstić information content (AvgIpc) is 2.45. The van der Waals surface area contributed by atoms with Crippen LogP contribution < -0.4 is 0 Å². The Morgan fingerprint density at radius 1 is 1.44 bits per heavy atom. The number of rotatable bonds is 4. The number of thiazole rings is 1. The molecule has 16 heavy (non-hydrogen) atoms. The van der Waals surface area contributed by atoms with Gasteiger partial charge >= 0.3 is 12.3 Å². The van der Waals surface area contributed by atoms with Gasteiger partial charge in [-0.15, -0.1) is 11.3 Å². The number of Topliss-reactive ketones (excluding diaryl/α,β-unsaturated/α-hetero) is 1. The molecule has 0 aliphatic carbocycles. The van der Waals surface area contributed by atoms with Crippen molar-refractivity contribution in [3.05, 3.63) is 15.6 Å². The maximum atomic E-state index is 12.6. The van der Waals surface area contributed by atoms with Crippen LogP contribution in [0.4, 0.5) is 17.6 Å². The van der Waals surface area contributed by atoms with Gasteiger partial charge in [0, 0.05) is 4.88 Å². The van der Waals surface area contributed by atoms with E-state index in [4.69, 9.17) is 0 Å². The minimum absolute atomic E-state index is 0.139. The largest absolute Gasteiger partial charge is 0.364 e. The minimum Gasteiger partial charge on any atom is -0.292 e. The van der Waals surface area contributed by atoms with Crippen molar-refractivity contribution in [3.8, 4) is 0 Å². The molecule has 1 rings (SSSR count). The van der Waals surface area contributed by atoms with Crippen molar-refractivity contribution in [2.45, 2.75) is 32.6 Å². The van der Waals surface area contributed by atoms with E-state index >= 15 is 0 Å². The Kier molecular flexibility index (Phi) is 3.67. The molecule has 0 unspecified atom stereocenters. The topological polar surface area (TPSA) is 30.0 Å². The Balaban J connectivity index is 2.79. The van der Waals surface area contributed by atoms with Crippen molar-refractivity contribution in [1.29, 1.82) is 0 Å². The maximum absolute atomic E-state index is 12.6. The van der Waals surface area contributed by atoms with E-state index in [2.05, 4.69) is 4.98 Å². The molecule has 1 aromatic rings. The van der Waals surface area contributed by atoms with Gasteiger partial charge in [-0.25, -0.2) is 13.8 Å². The van der Waals surface area contributed by atoms with Crippen LogP contribution >= 0.6 is 11.3 Å². The van der Waals surface area contributed by atoms with Crippen molar-refractivity contribution in [2.24, 2.45) is 0 Å². The Morgan fingerprint density at radius 3 is 2.38 bits per heavy atom. The van der Waals surface area contributed by atoms with Gasteiger partial charge in [0.1, 0.15) is 5.01 Å². The number of hydrogen-bond donors (Lipinski definition) is 0. The summed E-state index contributed by atoms with van der Waals surface area (Å²) in [6, 6.07) is 0. The van der Waals surface area contributed by atoms with E-state index in [0.717, 1.165) is 16.2 Å². The standard InChI is InChI=1S/C9H9F4NOS/c1-4-5(2)16-7(14-4)3-6(15)9(12,13)8(10)11/h8H,3H2,1-2H3. The summed E-state index contributed by atoms with van der Waals surface area (Å²) in [5.41, 5.74) is 0.619. The van der Waals surface area contributed by atoms with E-state index in [-0.39, 0.29) is 5.01 Å². The number of carbonyl (C=O) groups is 1. The monoisotopic (exact) mass is 255 g/mol. The summed E-state index contributed by atoms with van der Waals surface area (Å²) in [7, 11) is 0. The fraction of sp³-hybridized carbons (Fsp3) is 0.556. The lowest BCUT2D eigenvalue weighted by Gasteiger charge is -2.12. The zero-order valence-corrected chi connectivity index (χ0v) is 9.38. The van der Waals surface area contributed by atoms with Gasteiger partial charge in [0.25, 0.3) is 0 Å². The first-order valence-electron chi connectivity index (χ1n) is 4.37. The van der Waals surface area contributed by atoms with Crippen molar-refractivity contribution in [3.63, 3.8) is 0 Å². The van der Waals surface area contributed by atoms with Crippen LogP contribution in [0.1, 0.15) is 15.6 Å².